The molecule has 0 N–H and O–H groups in total. The van der Waals surface area contributed by atoms with Gasteiger partial charge in [0.2, 0.25) is 0 Å². The Morgan fingerprint density at radius 2 is 2.10 bits per heavy atom. The molecule has 1 aliphatic carbocycles. The third-order valence-corrected chi connectivity index (χ3v) is 2.00. The third kappa shape index (κ3) is 1.11. The first-order valence-electron chi connectivity index (χ1n) is 3.89. The van der Waals surface area contributed by atoms with Gasteiger partial charge in [-0.25, -0.2) is 0 Å². The molecule has 0 aromatic carbocycles. The molecule has 0 atom stereocenters. The highest BCUT2D eigenvalue weighted by Crippen LogP contribution is 2.22. The highest BCUT2D eigenvalue weighted by atomic mass is 16.6. The van der Waals surface area contributed by atoms with Crippen LogP contribution in [0.4, 0.5) is 0 Å². The van der Waals surface area contributed by atoms with Crippen molar-refractivity contribution in [3.05, 3.63) is 11.5 Å². The monoisotopic (exact) mass is 138 g/mol. The molecule has 0 aromatic heterocycles. The van der Waals surface area contributed by atoms with Crippen molar-refractivity contribution in [2.24, 2.45) is 0 Å². The maximum Gasteiger partial charge on any atom is 0.489 e. The topological polar surface area (TPSA) is 18.5 Å². The van der Waals surface area contributed by atoms with Crippen molar-refractivity contribution in [3.63, 3.8) is 0 Å². The van der Waals surface area contributed by atoms with E-state index < -0.39 is 0 Å². The zero-order chi connectivity index (χ0) is 6.81. The lowest BCUT2D eigenvalue weighted by atomic mass is 9.78. The molecule has 0 bridgehead atoms. The summed E-state index contributed by atoms with van der Waals surface area (Å²) >= 11 is 0. The molecule has 1 saturated heterocycles. The van der Waals surface area contributed by atoms with Crippen LogP contribution in [0.15, 0.2) is 11.5 Å². The Bertz CT molecular complexity index is 150. The van der Waals surface area contributed by atoms with Crippen LogP contribution in [0.3, 0.4) is 0 Å². The van der Waals surface area contributed by atoms with Crippen LogP contribution in [-0.2, 0) is 9.31 Å². The van der Waals surface area contributed by atoms with Crippen molar-refractivity contribution >= 4 is 7.12 Å². The van der Waals surface area contributed by atoms with E-state index in [4.69, 9.17) is 9.31 Å². The van der Waals surface area contributed by atoms with Crippen LogP contribution in [0, 0.1) is 0 Å². The molecule has 0 amide bonds. The maximum absolute atomic E-state index is 5.35. The number of hydrogen-bond donors (Lipinski definition) is 0. The van der Waals surface area contributed by atoms with E-state index in [1.54, 1.807) is 0 Å². The number of rotatable bonds is 1. The molecule has 2 rings (SSSR count). The van der Waals surface area contributed by atoms with Gasteiger partial charge >= 0.3 is 7.12 Å². The molecule has 1 heterocycles. The SMILES string of the molecule is C1=C(B2OCCO2)CCC1. The van der Waals surface area contributed by atoms with E-state index in [2.05, 4.69) is 6.08 Å². The molecule has 0 spiro atoms. The highest BCUT2D eigenvalue weighted by Gasteiger charge is 2.29. The zero-order valence-corrected chi connectivity index (χ0v) is 6.01. The van der Waals surface area contributed by atoms with Gasteiger partial charge in [-0.05, 0) is 24.7 Å². The van der Waals surface area contributed by atoms with Crippen LogP contribution < -0.4 is 0 Å². The Hall–Kier alpha value is -0.275. The van der Waals surface area contributed by atoms with Crippen molar-refractivity contribution < 1.29 is 9.31 Å². The van der Waals surface area contributed by atoms with E-state index >= 15 is 0 Å². The van der Waals surface area contributed by atoms with E-state index in [-0.39, 0.29) is 7.12 Å². The molecule has 54 valence electrons. The van der Waals surface area contributed by atoms with E-state index in [1.807, 2.05) is 0 Å². The van der Waals surface area contributed by atoms with Gasteiger partial charge in [-0.15, -0.1) is 0 Å². The second kappa shape index (κ2) is 2.76. The molecule has 0 aromatic rings. The molecular formula is C7H11BO2. The zero-order valence-electron chi connectivity index (χ0n) is 6.01. The first-order chi connectivity index (χ1) is 4.97. The summed E-state index contributed by atoms with van der Waals surface area (Å²) in [6, 6.07) is 0. The minimum absolute atomic E-state index is 0.0162. The van der Waals surface area contributed by atoms with Gasteiger partial charge in [0, 0.05) is 0 Å². The summed E-state index contributed by atoms with van der Waals surface area (Å²) < 4.78 is 10.7. The Morgan fingerprint density at radius 1 is 1.30 bits per heavy atom. The van der Waals surface area contributed by atoms with Gasteiger partial charge in [0.25, 0.3) is 0 Å². The standard InChI is InChI=1S/C7H11BO2/c1-2-4-7(3-1)8-9-5-6-10-8/h3H,1-2,4-6H2. The summed E-state index contributed by atoms with van der Waals surface area (Å²) in [6.45, 7) is 1.53. The molecule has 1 fully saturated rings. The minimum atomic E-state index is 0.0162. The Balaban J connectivity index is 1.97. The van der Waals surface area contributed by atoms with Gasteiger partial charge in [0.15, 0.2) is 0 Å². The molecule has 2 nitrogen and oxygen atoms in total. The fourth-order valence-electron chi connectivity index (χ4n) is 1.48. The summed E-state index contributed by atoms with van der Waals surface area (Å²) in [7, 11) is 0.0162. The molecule has 10 heavy (non-hydrogen) atoms. The lowest BCUT2D eigenvalue weighted by Gasteiger charge is -2.02. The Morgan fingerprint density at radius 3 is 2.70 bits per heavy atom. The Kier molecular flexibility index (Phi) is 1.78. The lowest BCUT2D eigenvalue weighted by molar-refractivity contribution is 0.365. The smallest absolute Gasteiger partial charge is 0.405 e. The van der Waals surface area contributed by atoms with Crippen LogP contribution in [0.2, 0.25) is 0 Å². The van der Waals surface area contributed by atoms with Crippen molar-refractivity contribution in [1.29, 1.82) is 0 Å². The maximum atomic E-state index is 5.35. The Labute approximate surface area is 61.3 Å². The highest BCUT2D eigenvalue weighted by molar-refractivity contribution is 6.54. The van der Waals surface area contributed by atoms with Crippen LogP contribution in [0.1, 0.15) is 19.3 Å². The summed E-state index contributed by atoms with van der Waals surface area (Å²) in [4.78, 5) is 0. The molecule has 0 saturated carbocycles. The lowest BCUT2D eigenvalue weighted by Crippen LogP contribution is -2.16. The van der Waals surface area contributed by atoms with Crippen LogP contribution in [-0.4, -0.2) is 20.3 Å². The molecule has 0 radical (unpaired) electrons. The fraction of sp³-hybridized carbons (Fsp3) is 0.714. The van der Waals surface area contributed by atoms with E-state index in [1.165, 1.54) is 24.7 Å². The van der Waals surface area contributed by atoms with Gasteiger partial charge in [0.05, 0.1) is 13.2 Å². The first kappa shape index (κ1) is 6.44. The largest absolute Gasteiger partial charge is 0.489 e. The first-order valence-corrected chi connectivity index (χ1v) is 3.89. The van der Waals surface area contributed by atoms with E-state index in [0.29, 0.717) is 0 Å². The summed E-state index contributed by atoms with van der Waals surface area (Å²) in [5.74, 6) is 0. The second-order valence-electron chi connectivity index (χ2n) is 2.74. The minimum Gasteiger partial charge on any atom is -0.405 e. The average molecular weight is 138 g/mol. The molecule has 1 aliphatic heterocycles. The summed E-state index contributed by atoms with van der Waals surface area (Å²) in [5.41, 5.74) is 1.36. The quantitative estimate of drug-likeness (QED) is 0.506. The van der Waals surface area contributed by atoms with Gasteiger partial charge in [0.1, 0.15) is 0 Å². The second-order valence-corrected chi connectivity index (χ2v) is 2.74. The van der Waals surface area contributed by atoms with Crippen molar-refractivity contribution in [2.45, 2.75) is 19.3 Å². The summed E-state index contributed by atoms with van der Waals surface area (Å²) in [5, 5.41) is 0. The van der Waals surface area contributed by atoms with Crippen molar-refractivity contribution in [2.75, 3.05) is 13.2 Å². The van der Waals surface area contributed by atoms with Gasteiger partial charge in [-0.1, -0.05) is 6.08 Å². The van der Waals surface area contributed by atoms with Crippen LogP contribution in [0.5, 0.6) is 0 Å². The van der Waals surface area contributed by atoms with E-state index in [9.17, 15) is 0 Å². The molecule has 3 heteroatoms. The van der Waals surface area contributed by atoms with Gasteiger partial charge < -0.3 is 9.31 Å². The van der Waals surface area contributed by atoms with Crippen molar-refractivity contribution in [3.8, 4) is 0 Å². The van der Waals surface area contributed by atoms with Gasteiger partial charge in [-0.3, -0.25) is 0 Å². The molecular weight excluding hydrogens is 127 g/mol. The predicted molar refractivity (Wildman–Crippen MR) is 39.6 cm³/mol. The van der Waals surface area contributed by atoms with Crippen LogP contribution in [0.25, 0.3) is 0 Å². The van der Waals surface area contributed by atoms with Gasteiger partial charge in [-0.2, -0.15) is 0 Å². The van der Waals surface area contributed by atoms with Crippen LogP contribution >= 0.6 is 0 Å². The normalized spacial score (nSPS) is 25.6. The summed E-state index contributed by atoms with van der Waals surface area (Å²) in [6.07, 6.45) is 5.90. The predicted octanol–water partition coefficient (Wildman–Crippen LogP) is 1.17. The average Bonchev–Trinajstić information content (AvgIpc) is 2.59. The number of hydrogen-bond acceptors (Lipinski definition) is 2. The van der Waals surface area contributed by atoms with Crippen molar-refractivity contribution in [1.82, 2.24) is 0 Å². The van der Waals surface area contributed by atoms with E-state index in [0.717, 1.165) is 13.2 Å². The third-order valence-electron chi connectivity index (χ3n) is 2.00. The number of allylic oxidation sites excluding steroid dienone is 2. The fourth-order valence-corrected chi connectivity index (χ4v) is 1.48. The molecule has 0 unspecified atom stereocenters. The molecule has 2 aliphatic rings.